The van der Waals surface area contributed by atoms with Gasteiger partial charge in [0.25, 0.3) is 0 Å². The number of ether oxygens (including phenoxy) is 2. The van der Waals surface area contributed by atoms with Crippen molar-refractivity contribution >= 4 is 17.9 Å². The number of nitrogens with two attached hydrogens (primary N) is 1. The SMILES string of the molecule is COCC(CNC(=O)N[C@@H](CC(N)=O)C(=O)O)OC. The number of carbonyl (C=O) groups excluding carboxylic acids is 2. The Kier molecular flexibility index (Phi) is 8.22. The van der Waals surface area contributed by atoms with Crippen molar-refractivity contribution in [3.05, 3.63) is 0 Å². The van der Waals surface area contributed by atoms with Crippen LogP contribution in [0.3, 0.4) is 0 Å². The van der Waals surface area contributed by atoms with E-state index in [1.165, 1.54) is 14.2 Å². The third kappa shape index (κ3) is 7.95. The predicted octanol–water partition coefficient (Wildman–Crippen LogP) is -1.72. The minimum atomic E-state index is -1.36. The van der Waals surface area contributed by atoms with Gasteiger partial charge in [0.2, 0.25) is 5.91 Å². The number of primary amides is 1. The van der Waals surface area contributed by atoms with E-state index >= 15 is 0 Å². The number of carboxylic acids is 1. The molecule has 1 unspecified atom stereocenters. The fourth-order valence-electron chi connectivity index (χ4n) is 1.21. The van der Waals surface area contributed by atoms with Gasteiger partial charge in [-0.15, -0.1) is 0 Å². The van der Waals surface area contributed by atoms with E-state index in [9.17, 15) is 14.4 Å². The lowest BCUT2D eigenvalue weighted by Gasteiger charge is -2.17. The van der Waals surface area contributed by atoms with Crippen LogP contribution in [0.2, 0.25) is 0 Å². The smallest absolute Gasteiger partial charge is 0.326 e. The lowest BCUT2D eigenvalue weighted by Crippen LogP contribution is -2.49. The van der Waals surface area contributed by atoms with Crippen LogP contribution in [0.4, 0.5) is 4.79 Å². The molecule has 0 aliphatic carbocycles. The summed E-state index contributed by atoms with van der Waals surface area (Å²) in [7, 11) is 2.94. The largest absolute Gasteiger partial charge is 0.480 e. The van der Waals surface area contributed by atoms with Crippen LogP contribution in [-0.2, 0) is 19.1 Å². The second kappa shape index (κ2) is 9.11. The number of carbonyl (C=O) groups is 3. The third-order valence-corrected chi connectivity index (χ3v) is 2.18. The molecule has 0 aromatic carbocycles. The summed E-state index contributed by atoms with van der Waals surface area (Å²) in [5.41, 5.74) is 4.88. The Labute approximate surface area is 110 Å². The summed E-state index contributed by atoms with van der Waals surface area (Å²) in [4.78, 5) is 32.8. The first kappa shape index (κ1) is 17.1. The second-order valence-corrected chi connectivity index (χ2v) is 3.73. The Morgan fingerprint density at radius 3 is 2.37 bits per heavy atom. The maximum Gasteiger partial charge on any atom is 0.326 e. The van der Waals surface area contributed by atoms with Crippen molar-refractivity contribution < 1.29 is 29.0 Å². The van der Waals surface area contributed by atoms with Crippen molar-refractivity contribution in [2.75, 3.05) is 27.4 Å². The minimum absolute atomic E-state index is 0.138. The average Bonchev–Trinajstić information content (AvgIpc) is 2.32. The summed E-state index contributed by atoms with van der Waals surface area (Å²) in [5, 5.41) is 13.3. The molecule has 9 nitrogen and oxygen atoms in total. The van der Waals surface area contributed by atoms with Gasteiger partial charge < -0.3 is 30.9 Å². The molecule has 5 N–H and O–H groups in total. The van der Waals surface area contributed by atoms with Crippen molar-refractivity contribution in [2.45, 2.75) is 18.6 Å². The number of methoxy groups -OCH3 is 2. The van der Waals surface area contributed by atoms with Crippen molar-refractivity contribution in [2.24, 2.45) is 5.73 Å². The van der Waals surface area contributed by atoms with Gasteiger partial charge in [0.1, 0.15) is 6.04 Å². The Balaban J connectivity index is 4.19. The molecule has 0 heterocycles. The fourth-order valence-corrected chi connectivity index (χ4v) is 1.21. The molecule has 0 bridgehead atoms. The van der Waals surface area contributed by atoms with E-state index in [-0.39, 0.29) is 19.3 Å². The first-order valence-electron chi connectivity index (χ1n) is 5.47. The number of nitrogens with one attached hydrogen (secondary N) is 2. The van der Waals surface area contributed by atoms with Crippen molar-refractivity contribution in [3.63, 3.8) is 0 Å². The average molecular weight is 277 g/mol. The van der Waals surface area contributed by atoms with Gasteiger partial charge in [-0.2, -0.15) is 0 Å². The molecule has 9 heteroatoms. The van der Waals surface area contributed by atoms with Gasteiger partial charge >= 0.3 is 12.0 Å². The summed E-state index contributed by atoms with van der Waals surface area (Å²) in [6.45, 7) is 0.416. The normalized spacial score (nSPS) is 13.4. The molecule has 0 aliphatic heterocycles. The van der Waals surface area contributed by atoms with Crippen LogP contribution in [0.15, 0.2) is 0 Å². The molecule has 0 fully saturated rings. The molecule has 0 saturated heterocycles. The van der Waals surface area contributed by atoms with Crippen LogP contribution in [-0.4, -0.2) is 62.5 Å². The van der Waals surface area contributed by atoms with Gasteiger partial charge in [0.05, 0.1) is 19.1 Å². The van der Waals surface area contributed by atoms with Crippen molar-refractivity contribution in [1.82, 2.24) is 10.6 Å². The van der Waals surface area contributed by atoms with E-state index in [1.54, 1.807) is 0 Å². The number of aliphatic carboxylic acids is 1. The predicted molar refractivity (Wildman–Crippen MR) is 64.4 cm³/mol. The highest BCUT2D eigenvalue weighted by Crippen LogP contribution is 1.92. The zero-order valence-corrected chi connectivity index (χ0v) is 10.8. The molecule has 19 heavy (non-hydrogen) atoms. The third-order valence-electron chi connectivity index (χ3n) is 2.18. The zero-order valence-electron chi connectivity index (χ0n) is 10.8. The van der Waals surface area contributed by atoms with E-state index < -0.39 is 30.4 Å². The molecule has 0 rings (SSSR count). The molecule has 0 aromatic rings. The summed E-state index contributed by atoms with van der Waals surface area (Å²) in [5.74, 6) is -2.16. The Morgan fingerprint density at radius 2 is 1.95 bits per heavy atom. The Hall–Kier alpha value is -1.87. The van der Waals surface area contributed by atoms with E-state index in [0.29, 0.717) is 0 Å². The number of amides is 3. The zero-order chi connectivity index (χ0) is 14.8. The summed E-state index contributed by atoms with van der Waals surface area (Å²) >= 11 is 0. The Morgan fingerprint density at radius 1 is 1.32 bits per heavy atom. The second-order valence-electron chi connectivity index (χ2n) is 3.73. The topological polar surface area (TPSA) is 140 Å². The first-order valence-corrected chi connectivity index (χ1v) is 5.47. The molecule has 110 valence electrons. The highest BCUT2D eigenvalue weighted by Gasteiger charge is 2.22. The summed E-state index contributed by atoms with van der Waals surface area (Å²) in [6, 6.07) is -2.09. The van der Waals surface area contributed by atoms with Gasteiger partial charge in [-0.3, -0.25) is 4.79 Å². The molecular weight excluding hydrogens is 258 g/mol. The van der Waals surface area contributed by atoms with Crippen LogP contribution in [0, 0.1) is 0 Å². The van der Waals surface area contributed by atoms with E-state index in [0.717, 1.165) is 0 Å². The van der Waals surface area contributed by atoms with Gasteiger partial charge in [0, 0.05) is 20.8 Å². The monoisotopic (exact) mass is 277 g/mol. The maximum absolute atomic E-state index is 11.4. The highest BCUT2D eigenvalue weighted by atomic mass is 16.5. The molecule has 0 aliphatic rings. The molecular formula is C10H19N3O6. The van der Waals surface area contributed by atoms with Gasteiger partial charge in [-0.1, -0.05) is 0 Å². The first-order chi connectivity index (χ1) is 8.90. The molecule has 2 atom stereocenters. The molecule has 0 radical (unpaired) electrons. The van der Waals surface area contributed by atoms with Crippen LogP contribution in [0.1, 0.15) is 6.42 Å². The molecule has 0 aromatic heterocycles. The molecule has 0 saturated carbocycles. The lowest BCUT2D eigenvalue weighted by atomic mass is 10.2. The lowest BCUT2D eigenvalue weighted by molar-refractivity contribution is -0.140. The van der Waals surface area contributed by atoms with Gasteiger partial charge in [0.15, 0.2) is 0 Å². The highest BCUT2D eigenvalue weighted by molar-refractivity contribution is 5.87. The summed E-state index contributed by atoms with van der Waals surface area (Å²) < 4.78 is 9.85. The van der Waals surface area contributed by atoms with Crippen LogP contribution < -0.4 is 16.4 Å². The van der Waals surface area contributed by atoms with Crippen LogP contribution in [0.5, 0.6) is 0 Å². The number of hydrogen-bond donors (Lipinski definition) is 4. The number of rotatable bonds is 9. The van der Waals surface area contributed by atoms with Crippen molar-refractivity contribution in [1.29, 1.82) is 0 Å². The fraction of sp³-hybridized carbons (Fsp3) is 0.700. The van der Waals surface area contributed by atoms with Gasteiger partial charge in [-0.25, -0.2) is 9.59 Å². The van der Waals surface area contributed by atoms with E-state index in [4.69, 9.17) is 20.3 Å². The van der Waals surface area contributed by atoms with E-state index in [1.807, 2.05) is 0 Å². The Bertz CT molecular complexity index is 322. The maximum atomic E-state index is 11.4. The van der Waals surface area contributed by atoms with Crippen molar-refractivity contribution in [3.8, 4) is 0 Å². The van der Waals surface area contributed by atoms with Gasteiger partial charge in [-0.05, 0) is 0 Å². The molecule has 3 amide bonds. The number of carboxylic acid groups (broad SMARTS) is 1. The minimum Gasteiger partial charge on any atom is -0.480 e. The number of urea groups is 1. The van der Waals surface area contributed by atoms with Crippen LogP contribution in [0.25, 0.3) is 0 Å². The standard InChI is InChI=1S/C10H19N3O6/c1-18-5-6(19-2)4-12-10(17)13-7(9(15)16)3-8(11)14/h6-7H,3-5H2,1-2H3,(H2,11,14)(H,15,16)(H2,12,13,17)/t6?,7-/m0/s1. The van der Waals surface area contributed by atoms with E-state index in [2.05, 4.69) is 10.6 Å². The quantitative estimate of drug-likeness (QED) is 0.395. The molecule has 0 spiro atoms. The summed E-state index contributed by atoms with van der Waals surface area (Å²) in [6.07, 6.45) is -0.829. The van der Waals surface area contributed by atoms with Crippen LogP contribution >= 0.6 is 0 Å². The number of hydrogen-bond acceptors (Lipinski definition) is 5.